The molecule has 0 aromatic heterocycles. The SMILES string of the molecule is Cc1cc(NC(=O)CC23CC4CC(CC(C4)C2)C3)ccc1NC(=O)c1ccccc1. The molecule has 2 aromatic rings. The molecule has 0 saturated heterocycles. The topological polar surface area (TPSA) is 58.2 Å². The number of nitrogens with one attached hydrogen (secondary N) is 2. The minimum absolute atomic E-state index is 0.127. The quantitative estimate of drug-likeness (QED) is 0.665. The molecule has 4 bridgehead atoms. The highest BCUT2D eigenvalue weighted by Gasteiger charge is 2.51. The van der Waals surface area contributed by atoms with Crippen LogP contribution in [0.2, 0.25) is 0 Å². The molecule has 0 spiro atoms. The van der Waals surface area contributed by atoms with E-state index in [4.69, 9.17) is 0 Å². The van der Waals surface area contributed by atoms with Crippen molar-refractivity contribution in [2.75, 3.05) is 10.6 Å². The van der Waals surface area contributed by atoms with Crippen molar-refractivity contribution < 1.29 is 9.59 Å². The zero-order valence-corrected chi connectivity index (χ0v) is 17.6. The smallest absolute Gasteiger partial charge is 0.255 e. The number of carbonyl (C=O) groups is 2. The maximum atomic E-state index is 12.9. The molecule has 4 saturated carbocycles. The van der Waals surface area contributed by atoms with E-state index in [0.717, 1.165) is 34.7 Å². The van der Waals surface area contributed by atoms with Gasteiger partial charge in [0.05, 0.1) is 0 Å². The first kappa shape index (κ1) is 19.3. The summed E-state index contributed by atoms with van der Waals surface area (Å²) in [5, 5.41) is 6.08. The van der Waals surface area contributed by atoms with Gasteiger partial charge < -0.3 is 10.6 Å². The van der Waals surface area contributed by atoms with E-state index in [0.29, 0.717) is 12.0 Å². The molecule has 4 nitrogen and oxygen atoms in total. The molecule has 0 unspecified atom stereocenters. The number of hydrogen-bond donors (Lipinski definition) is 2. The van der Waals surface area contributed by atoms with Crippen molar-refractivity contribution in [1.82, 2.24) is 0 Å². The van der Waals surface area contributed by atoms with Crippen molar-refractivity contribution in [2.24, 2.45) is 23.2 Å². The number of rotatable bonds is 5. The highest BCUT2D eigenvalue weighted by atomic mass is 16.2. The molecule has 4 heteroatoms. The molecule has 0 aliphatic heterocycles. The molecule has 156 valence electrons. The first-order valence-corrected chi connectivity index (χ1v) is 11.2. The van der Waals surface area contributed by atoms with Crippen LogP contribution in [0.3, 0.4) is 0 Å². The number of carbonyl (C=O) groups excluding carboxylic acids is 2. The third-order valence-corrected chi connectivity index (χ3v) is 7.49. The van der Waals surface area contributed by atoms with Gasteiger partial charge in [-0.25, -0.2) is 0 Å². The van der Waals surface area contributed by atoms with Crippen LogP contribution in [0, 0.1) is 30.1 Å². The minimum Gasteiger partial charge on any atom is -0.326 e. The van der Waals surface area contributed by atoms with Gasteiger partial charge >= 0.3 is 0 Å². The summed E-state index contributed by atoms with van der Waals surface area (Å²) in [6.07, 6.45) is 8.59. The number of hydrogen-bond acceptors (Lipinski definition) is 2. The van der Waals surface area contributed by atoms with Crippen LogP contribution in [-0.4, -0.2) is 11.8 Å². The Balaban J connectivity index is 1.22. The summed E-state index contributed by atoms with van der Waals surface area (Å²) in [6.45, 7) is 1.95. The maximum Gasteiger partial charge on any atom is 0.255 e. The minimum atomic E-state index is -0.127. The lowest BCUT2D eigenvalue weighted by Gasteiger charge is -2.56. The lowest BCUT2D eigenvalue weighted by Crippen LogP contribution is -2.47. The number of amides is 2. The lowest BCUT2D eigenvalue weighted by molar-refractivity contribution is -0.124. The van der Waals surface area contributed by atoms with Crippen molar-refractivity contribution in [3.05, 3.63) is 59.7 Å². The number of benzene rings is 2. The Morgan fingerprint density at radius 1 is 0.900 bits per heavy atom. The summed E-state index contributed by atoms with van der Waals surface area (Å²) < 4.78 is 0. The Bertz CT molecular complexity index is 931. The van der Waals surface area contributed by atoms with Crippen LogP contribution in [0.5, 0.6) is 0 Å². The monoisotopic (exact) mass is 402 g/mol. The van der Waals surface area contributed by atoms with Gasteiger partial charge in [0.25, 0.3) is 5.91 Å². The second-order valence-electron chi connectivity index (χ2n) is 9.99. The maximum absolute atomic E-state index is 12.9. The van der Waals surface area contributed by atoms with E-state index in [-0.39, 0.29) is 17.2 Å². The van der Waals surface area contributed by atoms with Crippen LogP contribution < -0.4 is 10.6 Å². The fourth-order valence-electron chi connectivity index (χ4n) is 6.72. The third-order valence-electron chi connectivity index (χ3n) is 7.49. The van der Waals surface area contributed by atoms with Crippen LogP contribution in [0.4, 0.5) is 11.4 Å². The van der Waals surface area contributed by atoms with Crippen molar-refractivity contribution in [3.63, 3.8) is 0 Å². The van der Waals surface area contributed by atoms with E-state index in [1.807, 2.05) is 43.3 Å². The van der Waals surface area contributed by atoms with E-state index in [1.54, 1.807) is 12.1 Å². The van der Waals surface area contributed by atoms with Gasteiger partial charge in [-0.2, -0.15) is 0 Å². The van der Waals surface area contributed by atoms with Crippen LogP contribution in [0.1, 0.15) is 60.9 Å². The van der Waals surface area contributed by atoms with Gasteiger partial charge in [0, 0.05) is 23.4 Å². The zero-order valence-electron chi connectivity index (χ0n) is 17.6. The average molecular weight is 403 g/mol. The molecule has 0 heterocycles. The van der Waals surface area contributed by atoms with Crippen molar-refractivity contribution in [2.45, 2.75) is 51.9 Å². The second-order valence-corrected chi connectivity index (χ2v) is 9.99. The van der Waals surface area contributed by atoms with E-state index in [2.05, 4.69) is 10.6 Å². The third kappa shape index (κ3) is 3.88. The van der Waals surface area contributed by atoms with Crippen molar-refractivity contribution >= 4 is 23.2 Å². The Morgan fingerprint density at radius 3 is 2.13 bits per heavy atom. The summed E-state index contributed by atoms with van der Waals surface area (Å²) in [6, 6.07) is 14.9. The Kier molecular flexibility index (Phi) is 4.88. The van der Waals surface area contributed by atoms with Crippen LogP contribution in [0.15, 0.2) is 48.5 Å². The first-order valence-electron chi connectivity index (χ1n) is 11.2. The predicted molar refractivity (Wildman–Crippen MR) is 119 cm³/mol. The van der Waals surface area contributed by atoms with Crippen LogP contribution in [-0.2, 0) is 4.79 Å². The Morgan fingerprint density at radius 2 is 1.53 bits per heavy atom. The number of anilines is 2. The van der Waals surface area contributed by atoms with E-state index >= 15 is 0 Å². The molecule has 0 radical (unpaired) electrons. The summed E-state index contributed by atoms with van der Waals surface area (Å²) in [5.41, 5.74) is 3.39. The van der Waals surface area contributed by atoms with E-state index < -0.39 is 0 Å². The molecule has 2 aromatic carbocycles. The largest absolute Gasteiger partial charge is 0.326 e. The fourth-order valence-corrected chi connectivity index (χ4v) is 6.72. The predicted octanol–water partition coefficient (Wildman–Crippen LogP) is 5.79. The normalized spacial score (nSPS) is 28.9. The van der Waals surface area contributed by atoms with Crippen molar-refractivity contribution in [3.8, 4) is 0 Å². The lowest BCUT2D eigenvalue weighted by atomic mass is 9.49. The molecule has 2 N–H and O–H groups in total. The van der Waals surface area contributed by atoms with Gasteiger partial charge in [0.2, 0.25) is 5.91 Å². The Hall–Kier alpha value is -2.62. The van der Waals surface area contributed by atoms with Gasteiger partial charge in [-0.15, -0.1) is 0 Å². The molecular formula is C26H30N2O2. The molecule has 4 fully saturated rings. The van der Waals surface area contributed by atoms with Crippen LogP contribution >= 0.6 is 0 Å². The standard InChI is InChI=1S/C26H30N2O2/c1-17-9-22(7-8-23(17)28-25(30)21-5-3-2-4-6-21)27-24(29)16-26-13-18-10-19(14-26)12-20(11-18)15-26/h2-9,18-20H,10-16H2,1H3,(H,27,29)(H,28,30). The average Bonchev–Trinajstić information content (AvgIpc) is 2.69. The highest BCUT2D eigenvalue weighted by molar-refractivity contribution is 6.04. The van der Waals surface area contributed by atoms with E-state index in [1.165, 1.54) is 38.5 Å². The van der Waals surface area contributed by atoms with Gasteiger partial charge in [-0.05, 0) is 105 Å². The fraction of sp³-hybridized carbons (Fsp3) is 0.462. The second kappa shape index (κ2) is 7.57. The van der Waals surface area contributed by atoms with Gasteiger partial charge in [0.1, 0.15) is 0 Å². The van der Waals surface area contributed by atoms with E-state index in [9.17, 15) is 9.59 Å². The molecular weight excluding hydrogens is 372 g/mol. The van der Waals surface area contributed by atoms with Gasteiger partial charge in [-0.1, -0.05) is 18.2 Å². The van der Waals surface area contributed by atoms with Crippen LogP contribution in [0.25, 0.3) is 0 Å². The molecule has 4 aliphatic rings. The molecule has 30 heavy (non-hydrogen) atoms. The zero-order chi connectivity index (χ0) is 20.7. The molecule has 6 rings (SSSR count). The summed E-state index contributed by atoms with van der Waals surface area (Å²) in [5.74, 6) is 2.59. The van der Waals surface area contributed by atoms with Crippen molar-refractivity contribution in [1.29, 1.82) is 0 Å². The highest BCUT2D eigenvalue weighted by Crippen LogP contribution is 2.61. The molecule has 4 aliphatic carbocycles. The van der Waals surface area contributed by atoms with Gasteiger partial charge in [-0.3, -0.25) is 9.59 Å². The summed E-state index contributed by atoms with van der Waals surface area (Å²) in [4.78, 5) is 25.3. The molecule has 0 atom stereocenters. The van der Waals surface area contributed by atoms with Gasteiger partial charge in [0.15, 0.2) is 0 Å². The summed E-state index contributed by atoms with van der Waals surface area (Å²) in [7, 11) is 0. The Labute approximate surface area is 178 Å². The first-order chi connectivity index (χ1) is 14.5. The molecule has 2 amide bonds. The number of aryl methyl sites for hydroxylation is 1. The summed E-state index contributed by atoms with van der Waals surface area (Å²) >= 11 is 0.